The minimum Gasteiger partial charge on any atom is -0.508 e. The Kier molecular flexibility index (Phi) is 12.2. The molecule has 4 amide bonds. The molecule has 4 N–H and O–H groups in total. The van der Waals surface area contributed by atoms with Crippen molar-refractivity contribution in [3.63, 3.8) is 0 Å². The van der Waals surface area contributed by atoms with E-state index in [2.05, 4.69) is 73.4 Å². The van der Waals surface area contributed by atoms with Gasteiger partial charge in [0.1, 0.15) is 29.4 Å². The number of carbonyl (C=O) groups is 5. The zero-order chi connectivity index (χ0) is 47.7. The number of nitrogens with zero attached hydrogens (tertiary/aromatic N) is 5. The molecule has 9 rings (SSSR count). The number of esters is 1. The molecule has 6 bridgehead atoms. The summed E-state index contributed by atoms with van der Waals surface area (Å²) in [5.74, 6) is -1.93. The van der Waals surface area contributed by atoms with Crippen LogP contribution in [0.3, 0.4) is 0 Å². The Bertz CT molecular complexity index is 2630. The van der Waals surface area contributed by atoms with Crippen molar-refractivity contribution < 1.29 is 33.8 Å². The molecule has 6 atom stereocenters. The number of cyclic esters (lactones) is 1. The minimum atomic E-state index is -1.16. The van der Waals surface area contributed by atoms with Gasteiger partial charge in [-0.25, -0.2) is 5.43 Å². The van der Waals surface area contributed by atoms with Gasteiger partial charge in [0.25, 0.3) is 5.91 Å². The quantitative estimate of drug-likeness (QED) is 0.127. The number of piperidine rings is 1. The average Bonchev–Trinajstić information content (AvgIpc) is 4.23. The molecule has 1 aliphatic carbocycles. The van der Waals surface area contributed by atoms with Gasteiger partial charge in [-0.05, 0) is 115 Å². The number of likely N-dealkylation sites (tertiary alicyclic amines) is 1. The zero-order valence-electron chi connectivity index (χ0n) is 40.1. The molecule has 0 unspecified atom stereocenters. The lowest BCUT2D eigenvalue weighted by Crippen LogP contribution is -2.63. The highest BCUT2D eigenvalue weighted by molar-refractivity contribution is 6.00. The summed E-state index contributed by atoms with van der Waals surface area (Å²) in [6.45, 7) is 16.6. The van der Waals surface area contributed by atoms with Crippen LogP contribution in [0.15, 0.2) is 54.7 Å². The number of carbonyl (C=O) groups excluding carboxylic acids is 5. The lowest BCUT2D eigenvalue weighted by atomic mass is 9.83. The van der Waals surface area contributed by atoms with E-state index in [1.807, 2.05) is 38.2 Å². The molecule has 15 nitrogen and oxygen atoms in total. The van der Waals surface area contributed by atoms with Gasteiger partial charge in [-0.15, -0.1) is 0 Å². The number of fused-ring (bicyclic) bond motifs is 7. The molecular weight excluding hydrogens is 849 g/mol. The molecule has 5 aliphatic rings. The Balaban J connectivity index is 1.10. The van der Waals surface area contributed by atoms with Crippen molar-refractivity contribution >= 4 is 40.5 Å². The summed E-state index contributed by atoms with van der Waals surface area (Å²) in [7, 11) is 1.61. The van der Waals surface area contributed by atoms with Crippen molar-refractivity contribution in [2.75, 3.05) is 33.3 Å². The molecule has 2 aromatic carbocycles. The summed E-state index contributed by atoms with van der Waals surface area (Å²) in [5, 5.41) is 19.9. The SMILES string of the molecule is CCn1c(-c2cccnc2C(C)C)c2c3cc(ccc31)-c1cc(O)cc(c1)C[C@H](NC(=O)[C@H](C(C)C)N(C)C(=O)[C@]13C[C@H]1CCN3C(=O)[C@@H]1CN1)C(=O)N1CCC[C@H](N1)C(=O)OCC(C)(C)C2. The van der Waals surface area contributed by atoms with Crippen molar-refractivity contribution in [3.8, 4) is 28.1 Å². The third kappa shape index (κ3) is 8.58. The van der Waals surface area contributed by atoms with E-state index in [9.17, 15) is 29.1 Å². The first kappa shape index (κ1) is 46.3. The van der Waals surface area contributed by atoms with Gasteiger partial charge in [0.05, 0.1) is 24.0 Å². The highest BCUT2D eigenvalue weighted by atomic mass is 16.5. The van der Waals surface area contributed by atoms with Gasteiger partial charge in [-0.1, -0.05) is 53.7 Å². The van der Waals surface area contributed by atoms with Gasteiger partial charge in [0, 0.05) is 67.7 Å². The van der Waals surface area contributed by atoms with E-state index in [1.165, 1.54) is 9.91 Å². The number of likely N-dealkylation sites (N-methyl/N-ethyl adjacent to an activating group) is 1. The molecule has 2 aromatic heterocycles. The predicted octanol–water partition coefficient (Wildman–Crippen LogP) is 5.31. The van der Waals surface area contributed by atoms with Crippen molar-refractivity contribution in [1.82, 2.24) is 40.4 Å². The van der Waals surface area contributed by atoms with Gasteiger partial charge in [0.15, 0.2) is 0 Å². The van der Waals surface area contributed by atoms with Crippen LogP contribution >= 0.6 is 0 Å². The van der Waals surface area contributed by atoms with Crippen molar-refractivity contribution in [3.05, 3.63) is 71.5 Å². The number of aromatic nitrogens is 2. The van der Waals surface area contributed by atoms with Gasteiger partial charge >= 0.3 is 5.97 Å². The van der Waals surface area contributed by atoms with E-state index in [0.717, 1.165) is 51.0 Å². The van der Waals surface area contributed by atoms with Gasteiger partial charge in [-0.3, -0.25) is 34.0 Å². The first-order valence-corrected chi connectivity index (χ1v) is 24.2. The van der Waals surface area contributed by atoms with E-state index in [-0.39, 0.29) is 60.9 Å². The fourth-order valence-electron chi connectivity index (χ4n) is 11.3. The van der Waals surface area contributed by atoms with Crippen LogP contribution in [0.1, 0.15) is 96.9 Å². The molecular formula is C52H66N8O7. The third-order valence-corrected chi connectivity index (χ3v) is 14.7. The lowest BCUT2D eigenvalue weighted by Gasteiger charge is -2.38. The van der Waals surface area contributed by atoms with Crippen LogP contribution in [0.4, 0.5) is 0 Å². The van der Waals surface area contributed by atoms with Crippen molar-refractivity contribution in [2.24, 2.45) is 17.3 Å². The van der Waals surface area contributed by atoms with E-state index in [0.29, 0.717) is 50.9 Å². The number of hydrogen-bond acceptors (Lipinski definition) is 10. The van der Waals surface area contributed by atoms with Crippen molar-refractivity contribution in [2.45, 2.75) is 129 Å². The second kappa shape index (κ2) is 17.7. The number of aryl methyl sites for hydroxylation is 1. The Morgan fingerprint density at radius 1 is 1.03 bits per heavy atom. The first-order chi connectivity index (χ1) is 31.9. The van der Waals surface area contributed by atoms with Crippen LogP contribution in [0, 0.1) is 17.3 Å². The number of nitrogens with one attached hydrogen (secondary N) is 3. The van der Waals surface area contributed by atoms with E-state index < -0.39 is 46.9 Å². The normalized spacial score (nSPS) is 25.1. The number of aromatic hydroxyl groups is 1. The Morgan fingerprint density at radius 2 is 1.81 bits per heavy atom. The zero-order valence-corrected chi connectivity index (χ0v) is 40.1. The number of phenols is 1. The molecule has 67 heavy (non-hydrogen) atoms. The maximum atomic E-state index is 14.8. The molecule has 4 aliphatic heterocycles. The summed E-state index contributed by atoms with van der Waals surface area (Å²) in [4.78, 5) is 79.4. The number of benzene rings is 2. The van der Waals surface area contributed by atoms with Gasteiger partial charge < -0.3 is 34.8 Å². The largest absolute Gasteiger partial charge is 0.508 e. The van der Waals surface area contributed by atoms with Crippen molar-refractivity contribution in [1.29, 1.82) is 0 Å². The summed E-state index contributed by atoms with van der Waals surface area (Å²) in [6, 6.07) is 12.5. The third-order valence-electron chi connectivity index (χ3n) is 14.7. The molecule has 4 aromatic rings. The standard InChI is InChI=1S/C52H66N8O7/c1-9-58-42-15-14-32-24-37(42)38(45(58)36-12-10-17-53-43(36)29(2)3)26-51(6,7)28-67-49(65)39-13-11-18-60(56-39)48(64)40(22-31-20-33(32)23-35(61)21-31)55-46(62)44(30(4)5)57(8)50(66)52-25-34(52)16-19-59(52)47(63)41-27-54-41/h10,12,14-15,17,20-21,23-24,29-30,34,39-41,44,54,56,61H,9,11,13,16,18-19,22,25-28H2,1-8H3,(H,55,62)/t34-,39+,40+,41+,44+,52+/m1/s1. The van der Waals surface area contributed by atoms with Crippen LogP contribution in [-0.4, -0.2) is 122 Å². The van der Waals surface area contributed by atoms with E-state index >= 15 is 0 Å². The number of amides is 4. The molecule has 0 radical (unpaired) electrons. The monoisotopic (exact) mass is 915 g/mol. The Labute approximate surface area is 392 Å². The number of rotatable bonds is 9. The van der Waals surface area contributed by atoms with Crippen LogP contribution < -0.4 is 16.1 Å². The molecule has 0 spiro atoms. The van der Waals surface area contributed by atoms with Crippen LogP contribution in [0.5, 0.6) is 5.75 Å². The molecule has 1 saturated carbocycles. The average molecular weight is 915 g/mol. The summed E-state index contributed by atoms with van der Waals surface area (Å²) >= 11 is 0. The molecule has 4 fully saturated rings. The number of hydrogen-bond donors (Lipinski definition) is 4. The van der Waals surface area contributed by atoms with Gasteiger partial charge in [-0.2, -0.15) is 0 Å². The fraction of sp³-hybridized carbons (Fsp3) is 0.538. The summed E-state index contributed by atoms with van der Waals surface area (Å²) < 4.78 is 8.47. The topological polar surface area (TPSA) is 188 Å². The summed E-state index contributed by atoms with van der Waals surface area (Å²) in [6.07, 6.45) is 4.69. The molecule has 6 heterocycles. The van der Waals surface area contributed by atoms with Crippen LogP contribution in [0.2, 0.25) is 0 Å². The maximum absolute atomic E-state index is 14.8. The summed E-state index contributed by atoms with van der Waals surface area (Å²) in [5.41, 5.74) is 9.14. The molecule has 15 heteroatoms. The van der Waals surface area contributed by atoms with Crippen LogP contribution in [0.25, 0.3) is 33.3 Å². The fourth-order valence-corrected chi connectivity index (χ4v) is 11.3. The minimum absolute atomic E-state index is 0.00144. The van der Waals surface area contributed by atoms with Gasteiger partial charge in [0.2, 0.25) is 17.7 Å². The second-order valence-corrected chi connectivity index (χ2v) is 21.0. The number of ether oxygens (including phenoxy) is 1. The second-order valence-electron chi connectivity index (χ2n) is 21.0. The van der Waals surface area contributed by atoms with Crippen LogP contribution in [-0.2, 0) is 48.1 Å². The highest BCUT2D eigenvalue weighted by Gasteiger charge is 2.70. The molecule has 3 saturated heterocycles. The smallest absolute Gasteiger partial charge is 0.324 e. The lowest BCUT2D eigenvalue weighted by molar-refractivity contribution is -0.155. The molecule has 356 valence electrons. The van der Waals surface area contributed by atoms with E-state index in [1.54, 1.807) is 24.1 Å². The number of phenolic OH excluding ortho intramolecular Hbond substituents is 1. The first-order valence-electron chi connectivity index (χ1n) is 24.2. The maximum Gasteiger partial charge on any atom is 0.324 e. The number of pyridine rings is 1. The highest BCUT2D eigenvalue weighted by Crippen LogP contribution is 2.57. The van der Waals surface area contributed by atoms with E-state index in [4.69, 9.17) is 9.72 Å². The number of hydrazine groups is 1. The Morgan fingerprint density at radius 3 is 2.51 bits per heavy atom. The predicted molar refractivity (Wildman–Crippen MR) is 254 cm³/mol. The Hall–Kier alpha value is -5.80.